The molecule has 0 radical (unpaired) electrons. The molecule has 1 saturated heterocycles. The summed E-state index contributed by atoms with van der Waals surface area (Å²) >= 11 is 0. The summed E-state index contributed by atoms with van der Waals surface area (Å²) in [6.45, 7) is 6.63. The van der Waals surface area contributed by atoms with E-state index in [1.165, 1.54) is 6.92 Å². The molecular weight excluding hydrogens is 641 g/mol. The van der Waals surface area contributed by atoms with Gasteiger partial charge in [-0.3, -0.25) is 28.0 Å². The van der Waals surface area contributed by atoms with Crippen LogP contribution in [0.4, 0.5) is 4.79 Å². The molecule has 0 bridgehead atoms. The number of carbonyl (C=O) groups is 5. The average molecular weight is 688 g/mol. The van der Waals surface area contributed by atoms with E-state index >= 15 is 0 Å². The summed E-state index contributed by atoms with van der Waals surface area (Å²) in [5.74, 6) is -2.64. The first-order valence-electron chi connectivity index (χ1n) is 15.6. The molecule has 0 aliphatic carbocycles. The molecule has 47 heavy (non-hydrogen) atoms. The van der Waals surface area contributed by atoms with Crippen LogP contribution >= 0.6 is 7.82 Å². The second kappa shape index (κ2) is 20.8. The number of Topliss-reactive ketones (excluding diaryl/α,β-unsaturated/α-hetero) is 1. The van der Waals surface area contributed by atoms with Crippen molar-refractivity contribution in [2.24, 2.45) is 0 Å². The maximum atomic E-state index is 13.9. The largest absolute Gasteiger partial charge is 0.477 e. The molecule has 0 aromatic heterocycles. The van der Waals surface area contributed by atoms with Crippen molar-refractivity contribution >= 4 is 37.6 Å². The summed E-state index contributed by atoms with van der Waals surface area (Å²) in [5.41, 5.74) is 0.675. The Morgan fingerprint density at radius 2 is 1.43 bits per heavy atom. The minimum absolute atomic E-state index is 0.00444. The highest BCUT2D eigenvalue weighted by atomic mass is 31.2. The first kappa shape index (κ1) is 39.8. The second-order valence-electron chi connectivity index (χ2n) is 10.7. The topological polar surface area (TPSA) is 188 Å². The highest BCUT2D eigenvalue weighted by molar-refractivity contribution is 7.48. The van der Waals surface area contributed by atoms with Gasteiger partial charge >= 0.3 is 31.8 Å². The summed E-state index contributed by atoms with van der Waals surface area (Å²) in [5, 5.41) is 2.52. The van der Waals surface area contributed by atoms with Crippen LogP contribution in [-0.2, 0) is 67.6 Å². The number of amides is 1. The van der Waals surface area contributed by atoms with Crippen LogP contribution in [0.25, 0.3) is 0 Å². The van der Waals surface area contributed by atoms with Gasteiger partial charge in [0.15, 0.2) is 18.5 Å². The highest BCUT2D eigenvalue weighted by Crippen LogP contribution is 2.52. The third kappa shape index (κ3) is 14.9. The summed E-state index contributed by atoms with van der Waals surface area (Å²) in [6.07, 6.45) is -4.92. The fourth-order valence-electron chi connectivity index (χ4n) is 4.24. The van der Waals surface area contributed by atoms with Gasteiger partial charge in [0.1, 0.15) is 31.1 Å². The Labute approximate surface area is 274 Å². The van der Waals surface area contributed by atoms with Gasteiger partial charge in [-0.05, 0) is 25.3 Å². The number of unbranched alkanes of at least 4 members (excludes halogenated alkanes) is 2. The molecule has 1 aliphatic rings. The van der Waals surface area contributed by atoms with E-state index in [9.17, 15) is 28.5 Å². The Morgan fingerprint density at radius 1 is 0.830 bits per heavy atom. The van der Waals surface area contributed by atoms with Crippen molar-refractivity contribution in [2.75, 3.05) is 19.8 Å². The van der Waals surface area contributed by atoms with Crippen LogP contribution < -0.4 is 5.32 Å². The molecule has 1 amide bonds. The van der Waals surface area contributed by atoms with E-state index in [0.29, 0.717) is 31.2 Å². The van der Waals surface area contributed by atoms with Crippen LogP contribution in [0.15, 0.2) is 30.3 Å². The van der Waals surface area contributed by atoms with E-state index < -0.39 is 69.1 Å². The molecular formula is C31H46NO14P. The smallest absolute Gasteiger partial charge is 0.463 e. The zero-order valence-corrected chi connectivity index (χ0v) is 28.4. The van der Waals surface area contributed by atoms with Crippen molar-refractivity contribution in [3.8, 4) is 0 Å². The van der Waals surface area contributed by atoms with Gasteiger partial charge in [-0.25, -0.2) is 9.36 Å². The number of carbonyl (C=O) groups excluding carboxylic acids is 5. The molecule has 16 heteroatoms. The average Bonchev–Trinajstić information content (AvgIpc) is 3.01. The predicted molar refractivity (Wildman–Crippen MR) is 165 cm³/mol. The zero-order chi connectivity index (χ0) is 34.8. The maximum absolute atomic E-state index is 13.9. The highest BCUT2D eigenvalue weighted by Gasteiger charge is 2.54. The minimum Gasteiger partial charge on any atom is -0.463 e. The molecule has 15 nitrogen and oxygen atoms in total. The maximum Gasteiger partial charge on any atom is 0.477 e. The molecule has 0 saturated carbocycles. The number of hydrogen-bond donors (Lipinski definition) is 1. The lowest BCUT2D eigenvalue weighted by Gasteiger charge is -2.45. The first-order chi connectivity index (χ1) is 22.4. The van der Waals surface area contributed by atoms with Gasteiger partial charge < -0.3 is 33.8 Å². The Bertz CT molecular complexity index is 1200. The number of nitrogens with one attached hydrogen (secondary N) is 1. The lowest BCUT2D eigenvalue weighted by atomic mass is 9.96. The Hall–Kier alpha value is -3.36. The quantitative estimate of drug-likeness (QED) is 0.0870. The van der Waals surface area contributed by atoms with Crippen molar-refractivity contribution < 1.29 is 65.8 Å². The number of ketones is 1. The number of benzene rings is 1. The third-order valence-corrected chi connectivity index (χ3v) is 8.03. The van der Waals surface area contributed by atoms with E-state index in [4.69, 9.17) is 37.3 Å². The van der Waals surface area contributed by atoms with Crippen molar-refractivity contribution in [1.29, 1.82) is 0 Å². The number of phosphoric ester groups is 1. The lowest BCUT2D eigenvalue weighted by molar-refractivity contribution is -0.260. The van der Waals surface area contributed by atoms with Crippen LogP contribution in [0.2, 0.25) is 0 Å². The molecule has 1 heterocycles. The number of alkyl carbamates (subject to hydrolysis) is 1. The monoisotopic (exact) mass is 687 g/mol. The SMILES string of the molecule is CCCCOP(=O)(OCCCC)O[C@@H]1O[C@H](COC(=O)CCC(C)=O)[C@@H](OC(C)=O)[C@H](OC(C)=O)[C@H]1NC(=O)OCc1ccccc1. The van der Waals surface area contributed by atoms with Crippen molar-refractivity contribution in [3.63, 3.8) is 0 Å². The minimum atomic E-state index is -4.40. The number of ether oxygens (including phenoxy) is 5. The van der Waals surface area contributed by atoms with E-state index in [-0.39, 0.29) is 38.4 Å². The van der Waals surface area contributed by atoms with Gasteiger partial charge in [0.2, 0.25) is 0 Å². The zero-order valence-electron chi connectivity index (χ0n) is 27.5. The molecule has 1 N–H and O–H groups in total. The third-order valence-electron chi connectivity index (χ3n) is 6.57. The number of esters is 3. The summed E-state index contributed by atoms with van der Waals surface area (Å²) in [7, 11) is -4.40. The van der Waals surface area contributed by atoms with Gasteiger partial charge in [0.05, 0.1) is 19.6 Å². The predicted octanol–water partition coefficient (Wildman–Crippen LogP) is 4.54. The fraction of sp³-hybridized carbons (Fsp3) is 0.645. The molecule has 1 aliphatic heterocycles. The Kier molecular flexibility index (Phi) is 17.6. The molecule has 1 aromatic carbocycles. The van der Waals surface area contributed by atoms with Crippen LogP contribution in [0.1, 0.15) is 78.7 Å². The number of phosphoric acid groups is 1. The lowest BCUT2D eigenvalue weighted by Crippen LogP contribution is -2.66. The molecule has 264 valence electrons. The van der Waals surface area contributed by atoms with Crippen LogP contribution in [-0.4, -0.2) is 80.2 Å². The number of hydrogen-bond acceptors (Lipinski definition) is 14. The summed E-state index contributed by atoms with van der Waals surface area (Å²) in [6, 6.07) is 7.29. The molecule has 1 aromatic rings. The van der Waals surface area contributed by atoms with E-state index in [1.54, 1.807) is 30.3 Å². The molecule has 2 rings (SSSR count). The van der Waals surface area contributed by atoms with Crippen molar-refractivity contribution in [3.05, 3.63) is 35.9 Å². The standard InChI is InChI=1S/C31H46NO14P/c1-6-8-17-41-47(38,42-18-9-7-2)46-30-27(32-31(37)40-19-24-13-11-10-12-14-24)29(44-23(5)35)28(43-22(4)34)25(45-30)20-39-26(36)16-15-21(3)33/h10-14,25,27-30H,6-9,15-20H2,1-5H3,(H,32,37)/t25-,27-,28-,29-,30+/m1/s1. The molecule has 0 spiro atoms. The van der Waals surface area contributed by atoms with Crippen LogP contribution in [0.5, 0.6) is 0 Å². The van der Waals surface area contributed by atoms with Crippen molar-refractivity contribution in [1.82, 2.24) is 5.32 Å². The Morgan fingerprint density at radius 3 is 1.98 bits per heavy atom. The van der Waals surface area contributed by atoms with Crippen molar-refractivity contribution in [2.45, 2.75) is 110 Å². The fourth-order valence-corrected chi connectivity index (χ4v) is 5.58. The van der Waals surface area contributed by atoms with Gasteiger partial charge in [0.25, 0.3) is 0 Å². The molecule has 5 atom stereocenters. The van der Waals surface area contributed by atoms with E-state index in [1.807, 2.05) is 13.8 Å². The van der Waals surface area contributed by atoms with E-state index in [2.05, 4.69) is 5.32 Å². The summed E-state index contributed by atoms with van der Waals surface area (Å²) in [4.78, 5) is 61.3. The normalized spacial score (nSPS) is 20.9. The van der Waals surface area contributed by atoms with Gasteiger partial charge in [-0.2, -0.15) is 0 Å². The number of rotatable bonds is 20. The van der Waals surface area contributed by atoms with Crippen LogP contribution in [0, 0.1) is 0 Å². The van der Waals surface area contributed by atoms with Crippen LogP contribution in [0.3, 0.4) is 0 Å². The second-order valence-corrected chi connectivity index (χ2v) is 12.4. The van der Waals surface area contributed by atoms with Gasteiger partial charge in [-0.1, -0.05) is 57.0 Å². The van der Waals surface area contributed by atoms with Gasteiger partial charge in [-0.15, -0.1) is 0 Å². The summed E-state index contributed by atoms with van der Waals surface area (Å²) < 4.78 is 58.5. The first-order valence-corrected chi connectivity index (χ1v) is 17.0. The molecule has 0 unspecified atom stereocenters. The van der Waals surface area contributed by atoms with Gasteiger partial charge in [0, 0.05) is 20.3 Å². The van der Waals surface area contributed by atoms with E-state index in [0.717, 1.165) is 13.8 Å². The molecule has 1 fully saturated rings. The Balaban J connectivity index is 2.48.